The fraction of sp³-hybridized carbons (Fsp3) is 0.286. The van der Waals surface area contributed by atoms with Crippen LogP contribution < -0.4 is 5.32 Å². The van der Waals surface area contributed by atoms with Crippen molar-refractivity contribution >= 4 is 28.4 Å². The van der Waals surface area contributed by atoms with Crippen LogP contribution in [0.1, 0.15) is 30.7 Å². The number of hydrogen-bond acceptors (Lipinski definition) is 5. The molecule has 0 aliphatic carbocycles. The van der Waals surface area contributed by atoms with E-state index in [1.165, 1.54) is 0 Å². The van der Waals surface area contributed by atoms with Gasteiger partial charge in [0.15, 0.2) is 5.82 Å². The van der Waals surface area contributed by atoms with Crippen LogP contribution in [-0.4, -0.2) is 41.5 Å². The van der Waals surface area contributed by atoms with Gasteiger partial charge in [-0.25, -0.2) is 9.67 Å². The molecule has 0 aromatic carbocycles. The van der Waals surface area contributed by atoms with Crippen molar-refractivity contribution in [1.29, 1.82) is 0 Å². The van der Waals surface area contributed by atoms with Crippen LogP contribution in [0.25, 0.3) is 16.7 Å². The topological polar surface area (TPSA) is 90.5 Å². The van der Waals surface area contributed by atoms with Crippen LogP contribution in [0.3, 0.4) is 0 Å². The number of hydrogen-bond donors (Lipinski definition) is 1. The summed E-state index contributed by atoms with van der Waals surface area (Å²) in [4.78, 5) is 21.1. The molecule has 154 valence electrons. The van der Waals surface area contributed by atoms with Crippen molar-refractivity contribution in [1.82, 2.24) is 34.8 Å². The van der Waals surface area contributed by atoms with Gasteiger partial charge in [-0.05, 0) is 44.0 Å². The number of pyridine rings is 2. The lowest BCUT2D eigenvalue weighted by Crippen LogP contribution is -2.31. The number of nitrogens with zero attached hydrogens (tertiary/aromatic N) is 6. The number of carbonyl (C=O) groups is 1. The molecule has 4 heterocycles. The SMILES string of the molecule is Cc1cc(Cn2cc3c(CC(=O)NC(C)C)nccc3n2)cnc1-n1cc(Cl)cn1. The number of fused-ring (bicyclic) bond motifs is 1. The van der Waals surface area contributed by atoms with Crippen LogP contribution in [0.5, 0.6) is 0 Å². The molecule has 0 aliphatic heterocycles. The average molecular weight is 424 g/mol. The Kier molecular flexibility index (Phi) is 5.50. The van der Waals surface area contributed by atoms with Crippen molar-refractivity contribution in [2.24, 2.45) is 0 Å². The van der Waals surface area contributed by atoms with Crippen molar-refractivity contribution in [3.05, 3.63) is 65.0 Å². The van der Waals surface area contributed by atoms with Crippen LogP contribution >= 0.6 is 11.6 Å². The molecule has 8 nitrogen and oxygen atoms in total. The molecule has 9 heteroatoms. The van der Waals surface area contributed by atoms with Gasteiger partial charge in [-0.3, -0.25) is 14.5 Å². The zero-order valence-electron chi connectivity index (χ0n) is 17.0. The molecule has 30 heavy (non-hydrogen) atoms. The summed E-state index contributed by atoms with van der Waals surface area (Å²) in [5, 5.41) is 13.2. The molecule has 0 radical (unpaired) electrons. The van der Waals surface area contributed by atoms with Gasteiger partial charge in [-0.2, -0.15) is 10.2 Å². The van der Waals surface area contributed by atoms with E-state index >= 15 is 0 Å². The summed E-state index contributed by atoms with van der Waals surface area (Å²) in [6, 6.07) is 4.00. The Balaban J connectivity index is 1.56. The third-order valence-electron chi connectivity index (χ3n) is 4.56. The predicted octanol–water partition coefficient (Wildman–Crippen LogP) is 3.09. The van der Waals surface area contributed by atoms with Crippen LogP contribution in [0.4, 0.5) is 0 Å². The number of nitrogens with one attached hydrogen (secondary N) is 1. The first-order chi connectivity index (χ1) is 14.4. The number of carbonyl (C=O) groups excluding carboxylic acids is 1. The Morgan fingerprint density at radius 3 is 2.77 bits per heavy atom. The Bertz CT molecular complexity index is 1210. The average Bonchev–Trinajstić information content (AvgIpc) is 3.27. The molecule has 0 bridgehead atoms. The van der Waals surface area contributed by atoms with E-state index in [4.69, 9.17) is 11.6 Å². The van der Waals surface area contributed by atoms with Gasteiger partial charge in [0, 0.05) is 30.0 Å². The van der Waals surface area contributed by atoms with Crippen LogP contribution in [0.15, 0.2) is 43.1 Å². The molecule has 0 aliphatic rings. The summed E-state index contributed by atoms with van der Waals surface area (Å²) in [7, 11) is 0. The van der Waals surface area contributed by atoms with Crippen LogP contribution in [0, 0.1) is 6.92 Å². The van der Waals surface area contributed by atoms with Crippen molar-refractivity contribution in [2.75, 3.05) is 0 Å². The van der Waals surface area contributed by atoms with Crippen LogP contribution in [-0.2, 0) is 17.8 Å². The molecular weight excluding hydrogens is 402 g/mol. The minimum Gasteiger partial charge on any atom is -0.354 e. The summed E-state index contributed by atoms with van der Waals surface area (Å²) in [5.74, 6) is 0.686. The van der Waals surface area contributed by atoms with E-state index in [2.05, 4.69) is 31.5 Å². The second-order valence-corrected chi connectivity index (χ2v) is 7.94. The van der Waals surface area contributed by atoms with E-state index < -0.39 is 0 Å². The Morgan fingerprint density at radius 1 is 1.23 bits per heavy atom. The third-order valence-corrected chi connectivity index (χ3v) is 4.76. The highest BCUT2D eigenvalue weighted by Gasteiger charge is 2.13. The standard InChI is InChI=1S/C21H22ClN7O/c1-13(2)26-20(30)7-19-17-12-28(27-18(17)4-5-23-19)10-15-6-14(3)21(24-8-15)29-11-16(22)9-25-29/h4-6,8-9,11-13H,7,10H2,1-3H3,(H,26,30). The number of amides is 1. The minimum atomic E-state index is -0.0492. The van der Waals surface area contributed by atoms with E-state index in [0.29, 0.717) is 11.6 Å². The van der Waals surface area contributed by atoms with Gasteiger partial charge >= 0.3 is 0 Å². The van der Waals surface area contributed by atoms with Gasteiger partial charge in [0.05, 0.1) is 41.6 Å². The maximum atomic E-state index is 12.2. The number of aryl methyl sites for hydroxylation is 1. The number of rotatable bonds is 6. The van der Waals surface area contributed by atoms with E-state index in [9.17, 15) is 4.79 Å². The molecular formula is C21H22ClN7O. The largest absolute Gasteiger partial charge is 0.354 e. The highest BCUT2D eigenvalue weighted by molar-refractivity contribution is 6.30. The van der Waals surface area contributed by atoms with E-state index in [-0.39, 0.29) is 18.4 Å². The Labute approximate surface area is 178 Å². The van der Waals surface area contributed by atoms with Gasteiger partial charge in [0.25, 0.3) is 0 Å². The fourth-order valence-corrected chi connectivity index (χ4v) is 3.49. The summed E-state index contributed by atoms with van der Waals surface area (Å²) in [5.41, 5.74) is 3.52. The zero-order valence-corrected chi connectivity index (χ0v) is 17.8. The molecule has 0 fully saturated rings. The summed E-state index contributed by atoms with van der Waals surface area (Å²) < 4.78 is 3.50. The first kappa shape index (κ1) is 20.0. The van der Waals surface area contributed by atoms with E-state index in [0.717, 1.165) is 33.5 Å². The third kappa shape index (κ3) is 4.33. The highest BCUT2D eigenvalue weighted by atomic mass is 35.5. The molecule has 0 spiro atoms. The molecule has 4 aromatic heterocycles. The van der Waals surface area contributed by atoms with Gasteiger partial charge < -0.3 is 5.32 Å². The first-order valence-electron chi connectivity index (χ1n) is 9.65. The van der Waals surface area contributed by atoms with Crippen molar-refractivity contribution in [2.45, 2.75) is 39.8 Å². The molecule has 0 atom stereocenters. The van der Waals surface area contributed by atoms with Crippen molar-refractivity contribution in [3.8, 4) is 5.82 Å². The zero-order chi connectivity index (χ0) is 21.3. The van der Waals surface area contributed by atoms with Crippen molar-refractivity contribution < 1.29 is 4.79 Å². The summed E-state index contributed by atoms with van der Waals surface area (Å²) >= 11 is 5.96. The normalized spacial score (nSPS) is 11.4. The van der Waals surface area contributed by atoms with Gasteiger partial charge in [0.1, 0.15) is 0 Å². The number of aromatic nitrogens is 6. The molecule has 1 N–H and O–H groups in total. The smallest absolute Gasteiger partial charge is 0.226 e. The first-order valence-corrected chi connectivity index (χ1v) is 10.0. The van der Waals surface area contributed by atoms with Crippen molar-refractivity contribution in [3.63, 3.8) is 0 Å². The second kappa shape index (κ2) is 8.23. The molecule has 1 amide bonds. The molecule has 0 unspecified atom stereocenters. The Hall–Kier alpha value is -3.26. The summed E-state index contributed by atoms with van der Waals surface area (Å²) in [6.07, 6.45) is 8.95. The highest BCUT2D eigenvalue weighted by Crippen LogP contribution is 2.19. The molecule has 0 saturated heterocycles. The lowest BCUT2D eigenvalue weighted by molar-refractivity contribution is -0.120. The van der Waals surface area contributed by atoms with Gasteiger partial charge in [-0.15, -0.1) is 0 Å². The van der Waals surface area contributed by atoms with Crippen LogP contribution in [0.2, 0.25) is 5.02 Å². The monoisotopic (exact) mass is 423 g/mol. The lowest BCUT2D eigenvalue weighted by atomic mass is 10.2. The maximum absolute atomic E-state index is 12.2. The lowest BCUT2D eigenvalue weighted by Gasteiger charge is -2.08. The quantitative estimate of drug-likeness (QED) is 0.514. The second-order valence-electron chi connectivity index (χ2n) is 7.50. The molecule has 0 saturated carbocycles. The molecule has 4 aromatic rings. The van der Waals surface area contributed by atoms with Gasteiger partial charge in [0.2, 0.25) is 5.91 Å². The predicted molar refractivity (Wildman–Crippen MR) is 115 cm³/mol. The molecule has 4 rings (SSSR count). The summed E-state index contributed by atoms with van der Waals surface area (Å²) in [6.45, 7) is 6.41. The maximum Gasteiger partial charge on any atom is 0.226 e. The number of halogens is 1. The van der Waals surface area contributed by atoms with Gasteiger partial charge in [-0.1, -0.05) is 11.6 Å². The minimum absolute atomic E-state index is 0.0492. The van der Waals surface area contributed by atoms with E-state index in [1.807, 2.05) is 37.7 Å². The Morgan fingerprint density at radius 2 is 2.07 bits per heavy atom. The fourth-order valence-electron chi connectivity index (χ4n) is 3.35. The van der Waals surface area contributed by atoms with E-state index in [1.54, 1.807) is 29.5 Å².